The van der Waals surface area contributed by atoms with Crippen LogP contribution in [0.25, 0.3) is 28.5 Å². The van der Waals surface area contributed by atoms with Gasteiger partial charge < -0.3 is 24.6 Å². The van der Waals surface area contributed by atoms with E-state index >= 15 is 0 Å². The maximum atomic E-state index is 10.5. The third kappa shape index (κ3) is 4.07. The number of terminal acetylenes is 1. The van der Waals surface area contributed by atoms with Crippen LogP contribution in [0.15, 0.2) is 41.8 Å². The summed E-state index contributed by atoms with van der Waals surface area (Å²) in [7, 11) is 1.56. The van der Waals surface area contributed by atoms with Gasteiger partial charge in [0.25, 0.3) is 0 Å². The molecule has 0 unspecified atom stereocenters. The zero-order valence-electron chi connectivity index (χ0n) is 20.2. The molecule has 0 saturated carbocycles. The Morgan fingerprint density at radius 1 is 1.17 bits per heavy atom. The van der Waals surface area contributed by atoms with Crippen molar-refractivity contribution in [3.63, 3.8) is 0 Å². The summed E-state index contributed by atoms with van der Waals surface area (Å²) in [6.45, 7) is 7.12. The first-order chi connectivity index (χ1) is 16.8. The number of allylic oxidation sites excluding steroid dienone is 1. The fourth-order valence-corrected chi connectivity index (χ4v) is 5.71. The highest BCUT2D eigenvalue weighted by atomic mass is 32.1. The number of anilines is 1. The fraction of sp³-hybridized carbons (Fsp3) is 0.241. The van der Waals surface area contributed by atoms with E-state index in [4.69, 9.17) is 20.6 Å². The molecule has 5 nitrogen and oxygen atoms in total. The molecule has 3 heterocycles. The van der Waals surface area contributed by atoms with Gasteiger partial charge in [0.05, 0.1) is 24.8 Å². The smallest absolute Gasteiger partial charge is 0.172 e. The van der Waals surface area contributed by atoms with E-state index in [0.717, 1.165) is 49.7 Å². The number of aromatic hydroxyl groups is 1. The van der Waals surface area contributed by atoms with Crippen LogP contribution in [0.1, 0.15) is 42.3 Å². The lowest BCUT2D eigenvalue weighted by atomic mass is 9.83. The summed E-state index contributed by atoms with van der Waals surface area (Å²) in [6.07, 6.45) is 9.63. The molecular weight excluding hydrogens is 458 g/mol. The van der Waals surface area contributed by atoms with Crippen LogP contribution in [0.2, 0.25) is 0 Å². The van der Waals surface area contributed by atoms with Crippen LogP contribution in [-0.2, 0) is 11.3 Å². The van der Waals surface area contributed by atoms with Crippen molar-refractivity contribution in [3.05, 3.63) is 63.4 Å². The van der Waals surface area contributed by atoms with Crippen molar-refractivity contribution in [3.8, 4) is 40.7 Å². The van der Waals surface area contributed by atoms with Crippen molar-refractivity contribution in [1.29, 1.82) is 0 Å². The lowest BCUT2D eigenvalue weighted by molar-refractivity contribution is 0.153. The molecule has 0 atom stereocenters. The van der Waals surface area contributed by atoms with Crippen LogP contribution >= 0.6 is 11.3 Å². The second kappa shape index (κ2) is 8.84. The molecule has 178 valence electrons. The number of ether oxygens (including phenoxy) is 3. The van der Waals surface area contributed by atoms with E-state index in [9.17, 15) is 5.11 Å². The van der Waals surface area contributed by atoms with Gasteiger partial charge in [0.15, 0.2) is 11.5 Å². The van der Waals surface area contributed by atoms with E-state index in [2.05, 4.69) is 56.3 Å². The summed E-state index contributed by atoms with van der Waals surface area (Å²) in [4.78, 5) is 1.04. The van der Waals surface area contributed by atoms with Gasteiger partial charge in [-0.1, -0.05) is 18.1 Å². The first-order valence-electron chi connectivity index (χ1n) is 11.4. The van der Waals surface area contributed by atoms with E-state index in [1.165, 1.54) is 0 Å². The first-order valence-corrected chi connectivity index (χ1v) is 12.2. The molecule has 0 amide bonds. The third-order valence-corrected chi connectivity index (χ3v) is 7.06. The molecule has 1 aromatic heterocycles. The van der Waals surface area contributed by atoms with Crippen LogP contribution in [0.5, 0.6) is 17.2 Å². The number of benzene rings is 2. The average Bonchev–Trinajstić information content (AvgIpc) is 3.25. The topological polar surface area (TPSA) is 60.0 Å². The first kappa shape index (κ1) is 23.1. The van der Waals surface area contributed by atoms with Crippen LogP contribution in [0.3, 0.4) is 0 Å². The van der Waals surface area contributed by atoms with Crippen molar-refractivity contribution in [2.75, 3.05) is 19.0 Å². The maximum Gasteiger partial charge on any atom is 0.172 e. The molecule has 2 aliphatic rings. The Morgan fingerprint density at radius 3 is 2.77 bits per heavy atom. The summed E-state index contributed by atoms with van der Waals surface area (Å²) >= 11 is 1.62. The molecule has 2 aromatic carbocycles. The lowest BCUT2D eigenvalue weighted by Gasteiger charge is -2.35. The van der Waals surface area contributed by atoms with Crippen LogP contribution in [-0.4, -0.2) is 24.4 Å². The molecular formula is C29H27NO4S. The van der Waals surface area contributed by atoms with Crippen molar-refractivity contribution in [2.45, 2.75) is 32.9 Å². The number of hydrogen-bond acceptors (Lipinski definition) is 6. The number of methoxy groups -OCH3 is 1. The molecule has 0 spiro atoms. The molecule has 0 aliphatic carbocycles. The molecule has 3 aromatic rings. The Labute approximate surface area is 209 Å². The Kier molecular flexibility index (Phi) is 5.84. The van der Waals surface area contributed by atoms with Gasteiger partial charge in [0.1, 0.15) is 18.1 Å². The van der Waals surface area contributed by atoms with Gasteiger partial charge in [-0.25, -0.2) is 0 Å². The van der Waals surface area contributed by atoms with Gasteiger partial charge >= 0.3 is 0 Å². The minimum Gasteiger partial charge on any atom is -0.504 e. The SMILES string of the molecule is C#CCOCc1ccsc1C=C1Oc2ccc(O)c(OC)c2-c2ccc3c(c21)C(C)=CC(C)(C)N3. The van der Waals surface area contributed by atoms with E-state index in [1.54, 1.807) is 30.6 Å². The highest BCUT2D eigenvalue weighted by molar-refractivity contribution is 7.11. The monoisotopic (exact) mass is 485 g/mol. The number of nitrogens with one attached hydrogen (secondary N) is 1. The Bertz CT molecular complexity index is 1420. The molecule has 6 heteroatoms. The van der Waals surface area contributed by atoms with E-state index in [1.807, 2.05) is 11.4 Å². The van der Waals surface area contributed by atoms with Gasteiger partial charge in [-0.05, 0) is 67.6 Å². The standard InChI is InChI=1S/C29H27NO4S/c1-6-12-33-16-18-11-13-35-24(18)14-23-26-19(27-22(34-23)10-9-21(31)28(27)32-5)7-8-20-25(26)17(2)15-29(3,4)30-20/h1,7-11,13-15,30-31H,12,16H2,2-5H3. The number of hydrogen-bond donors (Lipinski definition) is 2. The second-order valence-corrected chi connectivity index (χ2v) is 10.1. The van der Waals surface area contributed by atoms with E-state index in [-0.39, 0.29) is 17.9 Å². The van der Waals surface area contributed by atoms with Gasteiger partial charge in [0, 0.05) is 27.3 Å². The molecule has 35 heavy (non-hydrogen) atoms. The van der Waals surface area contributed by atoms with Crippen molar-refractivity contribution < 1.29 is 19.3 Å². The summed E-state index contributed by atoms with van der Waals surface area (Å²) in [6, 6.07) is 9.57. The summed E-state index contributed by atoms with van der Waals surface area (Å²) in [5.41, 5.74) is 6.78. The minimum absolute atomic E-state index is 0.0728. The average molecular weight is 486 g/mol. The zero-order valence-corrected chi connectivity index (χ0v) is 21.0. The number of phenols is 1. The highest BCUT2D eigenvalue weighted by Gasteiger charge is 2.33. The Hall–Kier alpha value is -3.66. The predicted molar refractivity (Wildman–Crippen MR) is 143 cm³/mol. The number of rotatable bonds is 5. The van der Waals surface area contributed by atoms with Crippen LogP contribution in [0, 0.1) is 12.3 Å². The van der Waals surface area contributed by atoms with Crippen molar-refractivity contribution >= 4 is 34.4 Å². The second-order valence-electron chi connectivity index (χ2n) is 9.19. The van der Waals surface area contributed by atoms with Gasteiger partial charge in [0.2, 0.25) is 0 Å². The minimum atomic E-state index is -0.173. The molecule has 2 aliphatic heterocycles. The highest BCUT2D eigenvalue weighted by Crippen LogP contribution is 2.54. The van der Waals surface area contributed by atoms with E-state index in [0.29, 0.717) is 18.1 Å². The molecule has 0 radical (unpaired) electrons. The molecule has 0 saturated heterocycles. The van der Waals surface area contributed by atoms with Crippen molar-refractivity contribution in [2.24, 2.45) is 0 Å². The lowest BCUT2D eigenvalue weighted by Crippen LogP contribution is -2.32. The largest absolute Gasteiger partial charge is 0.504 e. The van der Waals surface area contributed by atoms with Crippen LogP contribution in [0.4, 0.5) is 5.69 Å². The summed E-state index contributed by atoms with van der Waals surface area (Å²) in [5, 5.41) is 16.2. The molecule has 0 bridgehead atoms. The van der Waals surface area contributed by atoms with Gasteiger partial charge in [-0.2, -0.15) is 0 Å². The fourth-order valence-electron chi connectivity index (χ4n) is 4.88. The molecule has 2 N–H and O–H groups in total. The Morgan fingerprint density at radius 2 is 2.00 bits per heavy atom. The van der Waals surface area contributed by atoms with E-state index < -0.39 is 0 Å². The quantitative estimate of drug-likeness (QED) is 0.308. The number of phenolic OH excluding ortho intramolecular Hbond substituents is 1. The predicted octanol–water partition coefficient (Wildman–Crippen LogP) is 6.78. The molecule has 0 fully saturated rings. The number of thiophene rings is 1. The van der Waals surface area contributed by atoms with Gasteiger partial charge in [-0.3, -0.25) is 0 Å². The normalized spacial score (nSPS) is 16.2. The summed E-state index contributed by atoms with van der Waals surface area (Å²) in [5.74, 6) is 4.34. The number of fused-ring (bicyclic) bond motifs is 5. The molecule has 5 rings (SSSR count). The third-order valence-electron chi connectivity index (χ3n) is 6.16. The zero-order chi connectivity index (χ0) is 24.7. The summed E-state index contributed by atoms with van der Waals surface area (Å²) < 4.78 is 17.7. The maximum absolute atomic E-state index is 10.5. The Balaban J connectivity index is 1.75. The van der Waals surface area contributed by atoms with Crippen LogP contribution < -0.4 is 14.8 Å². The van der Waals surface area contributed by atoms with Crippen molar-refractivity contribution in [1.82, 2.24) is 0 Å². The van der Waals surface area contributed by atoms with Gasteiger partial charge in [-0.15, -0.1) is 17.8 Å².